The first-order valence-electron chi connectivity index (χ1n) is 5.57. The van der Waals surface area contributed by atoms with Gasteiger partial charge >= 0.3 is 12.9 Å². The van der Waals surface area contributed by atoms with Gasteiger partial charge in [-0.2, -0.15) is 0 Å². The molecule has 0 amide bonds. The van der Waals surface area contributed by atoms with E-state index in [9.17, 15) is 4.79 Å². The second-order valence-electron chi connectivity index (χ2n) is 4.06. The molecule has 0 bridgehead atoms. The fourth-order valence-electron chi connectivity index (χ4n) is 2.21. The number of nitrogens with one attached hydrogen (secondary N) is 1. The Morgan fingerprint density at radius 1 is 1.61 bits per heavy atom. The summed E-state index contributed by atoms with van der Waals surface area (Å²) < 4.78 is 5.72. The summed E-state index contributed by atoms with van der Waals surface area (Å²) in [6, 6.07) is 5.72. The average Bonchev–Trinajstić information content (AvgIpc) is 2.64. The van der Waals surface area contributed by atoms with Crippen LogP contribution in [0.25, 0.3) is 0 Å². The summed E-state index contributed by atoms with van der Waals surface area (Å²) in [6.45, 7) is 2.22. The minimum absolute atomic E-state index is 0. The van der Waals surface area contributed by atoms with Gasteiger partial charge in [-0.05, 0) is 17.1 Å². The van der Waals surface area contributed by atoms with E-state index in [4.69, 9.17) is 15.5 Å². The summed E-state index contributed by atoms with van der Waals surface area (Å²) in [7, 11) is 0. The van der Waals surface area contributed by atoms with E-state index in [1.165, 1.54) is 0 Å². The number of carbonyl (C=O) groups is 1. The van der Waals surface area contributed by atoms with Crippen molar-refractivity contribution in [2.45, 2.75) is 12.9 Å². The molecule has 1 aromatic rings. The molecule has 4 N–H and O–H groups in total. The SMILES string of the molecule is CB1OC(CN)c2cccc(NCC(=O)O)c21.[Rf]. The Morgan fingerprint density at radius 3 is 2.94 bits per heavy atom. The van der Waals surface area contributed by atoms with Crippen molar-refractivity contribution in [1.29, 1.82) is 0 Å². The van der Waals surface area contributed by atoms with E-state index in [0.717, 1.165) is 16.7 Å². The van der Waals surface area contributed by atoms with Gasteiger partial charge in [-0.3, -0.25) is 4.79 Å². The number of anilines is 1. The summed E-state index contributed by atoms with van der Waals surface area (Å²) in [5.41, 5.74) is 8.53. The molecule has 1 atom stereocenters. The van der Waals surface area contributed by atoms with Gasteiger partial charge in [0.1, 0.15) is 6.54 Å². The molecular formula is C11H15BN2O3Rf. The monoisotopic (exact) mass is 501 g/mol. The number of aliphatic carboxylic acids is 1. The van der Waals surface area contributed by atoms with Gasteiger partial charge in [0, 0.05) is 12.2 Å². The molecule has 1 unspecified atom stereocenters. The molecule has 2 rings (SSSR count). The maximum atomic E-state index is 10.6. The standard InChI is InChI=1S/C11H15BN2O3.Rf/c1-12-11-7(9(5-13)17-12)3-2-4-8(11)14-6-10(15)16;/h2-4,9,14H,5-6,13H2,1H3,(H,15,16);. The summed E-state index contributed by atoms with van der Waals surface area (Å²) in [6.07, 6.45) is -0.0911. The minimum atomic E-state index is -0.885. The number of fused-ring (bicyclic) bond motifs is 1. The normalized spacial score (nSPS) is 17.0. The quantitative estimate of drug-likeness (QED) is 0.508. The Morgan fingerprint density at radius 2 is 2.33 bits per heavy atom. The fourth-order valence-corrected chi connectivity index (χ4v) is 2.21. The van der Waals surface area contributed by atoms with E-state index in [2.05, 4.69) is 5.32 Å². The van der Waals surface area contributed by atoms with Gasteiger partial charge in [0.2, 0.25) is 0 Å². The molecule has 0 aromatic heterocycles. The molecule has 0 spiro atoms. The Labute approximate surface area is 100 Å². The third kappa shape index (κ3) is 2.26. The predicted octanol–water partition coefficient (Wildman–Crippen LogP) is 0.0414. The van der Waals surface area contributed by atoms with Crippen molar-refractivity contribution >= 4 is 24.0 Å². The minimum Gasteiger partial charge on any atom is -0.480 e. The van der Waals surface area contributed by atoms with Crippen LogP contribution in [0.4, 0.5) is 5.69 Å². The van der Waals surface area contributed by atoms with E-state index in [-0.39, 0.29) is 19.6 Å². The predicted molar refractivity (Wildman–Crippen MR) is 66.7 cm³/mol. The topological polar surface area (TPSA) is 84.6 Å². The largest absolute Gasteiger partial charge is 0.480 e. The molecule has 1 aromatic carbocycles. The van der Waals surface area contributed by atoms with Gasteiger partial charge in [0.15, 0.2) is 0 Å². The molecule has 5 nitrogen and oxygen atoms in total. The van der Waals surface area contributed by atoms with Gasteiger partial charge in [-0.1, -0.05) is 19.0 Å². The van der Waals surface area contributed by atoms with E-state index in [1.807, 2.05) is 25.0 Å². The van der Waals surface area contributed by atoms with E-state index in [0.29, 0.717) is 6.54 Å². The molecule has 1 aliphatic heterocycles. The van der Waals surface area contributed by atoms with Crippen LogP contribution in [0.2, 0.25) is 6.82 Å². The number of rotatable bonds is 4. The first kappa shape index (κ1) is 13.5. The van der Waals surface area contributed by atoms with Crippen LogP contribution in [-0.2, 0) is 9.45 Å². The van der Waals surface area contributed by atoms with Crippen molar-refractivity contribution in [1.82, 2.24) is 0 Å². The van der Waals surface area contributed by atoms with E-state index >= 15 is 0 Å². The molecule has 0 radical (unpaired) electrons. The molecule has 7 heteroatoms. The smallest absolute Gasteiger partial charge is 0.326 e. The number of nitrogens with two attached hydrogens (primary N) is 1. The van der Waals surface area contributed by atoms with Gasteiger partial charge in [0.25, 0.3) is 0 Å². The summed E-state index contributed by atoms with van der Waals surface area (Å²) in [4.78, 5) is 10.6. The molecule has 0 fully saturated rings. The maximum absolute atomic E-state index is 10.6. The number of carboxylic acid groups (broad SMARTS) is 1. The molecule has 18 heavy (non-hydrogen) atoms. The van der Waals surface area contributed by atoms with Gasteiger partial charge in [-0.25, -0.2) is 0 Å². The van der Waals surface area contributed by atoms with E-state index in [1.54, 1.807) is 0 Å². The van der Waals surface area contributed by atoms with Crippen LogP contribution in [0.5, 0.6) is 0 Å². The fraction of sp³-hybridized carbons (Fsp3) is 0.364. The van der Waals surface area contributed by atoms with E-state index < -0.39 is 5.97 Å². The zero-order valence-electron chi connectivity index (χ0n) is 10.3. The molecule has 0 saturated carbocycles. The Hall–Kier alpha value is -2.53. The second-order valence-corrected chi connectivity index (χ2v) is 4.06. The third-order valence-electron chi connectivity index (χ3n) is 2.91. The third-order valence-corrected chi connectivity index (χ3v) is 2.91. The van der Waals surface area contributed by atoms with Crippen LogP contribution in [0.15, 0.2) is 18.2 Å². The molecular weight excluding hydrogens is 486 g/mol. The van der Waals surface area contributed by atoms with Crippen molar-refractivity contribution in [3.8, 4) is 0 Å². The summed E-state index contributed by atoms with van der Waals surface area (Å²) in [5.74, 6) is -0.885. The van der Waals surface area contributed by atoms with Crippen LogP contribution >= 0.6 is 0 Å². The van der Waals surface area contributed by atoms with Gasteiger partial charge < -0.3 is 20.8 Å². The zero-order chi connectivity index (χ0) is 12.4. The number of carboxylic acids is 1. The molecule has 1 heterocycles. The molecule has 92 valence electrons. The van der Waals surface area contributed by atoms with Crippen LogP contribution < -0.4 is 16.5 Å². The second kappa shape index (κ2) is 5.20. The number of hydrogen-bond acceptors (Lipinski definition) is 4. The van der Waals surface area contributed by atoms with Crippen LogP contribution in [0.1, 0.15) is 11.7 Å². The molecule has 1 aliphatic rings. The first-order chi connectivity index (χ1) is 8.13. The van der Waals surface area contributed by atoms with Gasteiger partial charge in [0.05, 0.1) is 6.10 Å². The Balaban J connectivity index is 0.00000162. The maximum Gasteiger partial charge on any atom is 0.326 e. The van der Waals surface area contributed by atoms with Crippen LogP contribution in [0, 0.1) is 0 Å². The van der Waals surface area contributed by atoms with Crippen molar-refractivity contribution in [2.24, 2.45) is 5.73 Å². The molecule has 0 aliphatic carbocycles. The van der Waals surface area contributed by atoms with Gasteiger partial charge in [-0.15, -0.1) is 0 Å². The van der Waals surface area contributed by atoms with Crippen molar-refractivity contribution < 1.29 is 14.6 Å². The van der Waals surface area contributed by atoms with Crippen LogP contribution in [-0.4, -0.2) is 31.1 Å². The van der Waals surface area contributed by atoms with Crippen molar-refractivity contribution in [3.05, 3.63) is 23.8 Å². The number of benzene rings is 1. The number of hydrogen-bond donors (Lipinski definition) is 3. The first-order valence-corrected chi connectivity index (χ1v) is 5.57. The zero-order valence-corrected chi connectivity index (χ0v) is 16.7. The average molecular weight is 501 g/mol. The Kier molecular flexibility index (Phi) is 3.91. The van der Waals surface area contributed by atoms with Crippen molar-refractivity contribution in [2.75, 3.05) is 18.4 Å². The Bertz CT molecular complexity index is 444. The summed E-state index contributed by atoms with van der Waals surface area (Å²) >= 11 is 0. The summed E-state index contributed by atoms with van der Waals surface area (Å²) in [5, 5.41) is 11.6. The van der Waals surface area contributed by atoms with Crippen molar-refractivity contribution in [3.63, 3.8) is 0 Å². The van der Waals surface area contributed by atoms with Crippen LogP contribution in [0.3, 0.4) is 0 Å². The molecule has 0 saturated heterocycles.